The molecule has 0 heterocycles. The van der Waals surface area contributed by atoms with Crippen LogP contribution in [0.4, 0.5) is 11.4 Å². The molecule has 5 N–H and O–H groups in total. The van der Waals surface area contributed by atoms with Crippen LogP contribution in [0.3, 0.4) is 0 Å². The van der Waals surface area contributed by atoms with Gasteiger partial charge in [0.1, 0.15) is 0 Å². The van der Waals surface area contributed by atoms with Gasteiger partial charge in [-0.15, -0.1) is 0 Å². The maximum absolute atomic E-state index is 11.6. The van der Waals surface area contributed by atoms with E-state index in [1.54, 1.807) is 18.2 Å². The Balaban J connectivity index is 2.64. The lowest BCUT2D eigenvalue weighted by atomic mass is 10.1. The number of anilines is 2. The summed E-state index contributed by atoms with van der Waals surface area (Å²) in [5, 5.41) is 15.5. The Kier molecular flexibility index (Phi) is 6.15. The zero-order valence-electron chi connectivity index (χ0n) is 11.6. The molecule has 1 aromatic carbocycles. The number of hydrogen-bond donors (Lipinski definition) is 4. The molecule has 1 aromatic rings. The number of aliphatic hydroxyl groups excluding tert-OH is 1. The molecule has 0 radical (unpaired) electrons. The topological polar surface area (TPSA) is 87.4 Å². The number of nitrogens with two attached hydrogens (primary N) is 1. The molecule has 0 aromatic heterocycles. The number of nitrogen functional groups attached to an aromatic ring is 1. The van der Waals surface area contributed by atoms with Crippen molar-refractivity contribution in [3.63, 3.8) is 0 Å². The Morgan fingerprint density at radius 3 is 2.74 bits per heavy atom. The van der Waals surface area contributed by atoms with Gasteiger partial charge in [0.25, 0.3) is 5.91 Å². The van der Waals surface area contributed by atoms with Crippen LogP contribution in [0, 0.1) is 0 Å². The molecule has 0 bridgehead atoms. The average molecular weight is 265 g/mol. The summed E-state index contributed by atoms with van der Waals surface area (Å²) in [6.45, 7) is 4.94. The first-order chi connectivity index (χ1) is 9.08. The van der Waals surface area contributed by atoms with Crippen LogP contribution in [0.25, 0.3) is 0 Å². The molecule has 1 unspecified atom stereocenters. The number of rotatable bonds is 7. The van der Waals surface area contributed by atoms with Gasteiger partial charge in [-0.25, -0.2) is 0 Å². The molecular weight excluding hydrogens is 242 g/mol. The summed E-state index contributed by atoms with van der Waals surface area (Å²) in [6, 6.07) is 5.12. The van der Waals surface area contributed by atoms with Crippen molar-refractivity contribution in [3.05, 3.63) is 23.8 Å². The van der Waals surface area contributed by atoms with Crippen LogP contribution < -0.4 is 16.4 Å². The largest absolute Gasteiger partial charge is 0.397 e. The Morgan fingerprint density at radius 1 is 1.42 bits per heavy atom. The molecule has 0 spiro atoms. The van der Waals surface area contributed by atoms with Crippen LogP contribution in [0.15, 0.2) is 18.2 Å². The highest BCUT2D eigenvalue weighted by Gasteiger charge is 2.08. The summed E-state index contributed by atoms with van der Waals surface area (Å²) in [6.07, 6.45) is 1.31. The van der Waals surface area contributed by atoms with Crippen molar-refractivity contribution in [2.24, 2.45) is 0 Å². The molecule has 106 valence electrons. The van der Waals surface area contributed by atoms with Crippen molar-refractivity contribution in [1.82, 2.24) is 5.32 Å². The van der Waals surface area contributed by atoms with Crippen LogP contribution in [-0.2, 0) is 0 Å². The fourth-order valence-corrected chi connectivity index (χ4v) is 1.79. The van der Waals surface area contributed by atoms with Gasteiger partial charge >= 0.3 is 0 Å². The number of amides is 1. The highest BCUT2D eigenvalue weighted by molar-refractivity contribution is 5.96. The number of carbonyl (C=O) groups excluding carboxylic acids is 1. The molecule has 0 aliphatic rings. The van der Waals surface area contributed by atoms with Gasteiger partial charge < -0.3 is 21.5 Å². The van der Waals surface area contributed by atoms with Gasteiger partial charge in [0.05, 0.1) is 17.5 Å². The summed E-state index contributed by atoms with van der Waals surface area (Å²) in [7, 11) is 0. The number of hydrogen-bond acceptors (Lipinski definition) is 4. The molecule has 0 fully saturated rings. The van der Waals surface area contributed by atoms with Gasteiger partial charge in [-0.1, -0.05) is 13.3 Å². The normalized spacial score (nSPS) is 11.9. The number of aliphatic hydroxyl groups is 1. The predicted octanol–water partition coefficient (Wildman–Crippen LogP) is 1.59. The molecule has 0 saturated carbocycles. The zero-order valence-corrected chi connectivity index (χ0v) is 11.6. The molecule has 19 heavy (non-hydrogen) atoms. The van der Waals surface area contributed by atoms with Gasteiger partial charge in [-0.3, -0.25) is 4.79 Å². The van der Waals surface area contributed by atoms with Crippen molar-refractivity contribution < 1.29 is 9.90 Å². The van der Waals surface area contributed by atoms with E-state index in [4.69, 9.17) is 5.73 Å². The van der Waals surface area contributed by atoms with Crippen molar-refractivity contribution >= 4 is 17.3 Å². The van der Waals surface area contributed by atoms with Gasteiger partial charge in [0.2, 0.25) is 0 Å². The van der Waals surface area contributed by atoms with Gasteiger partial charge in [-0.05, 0) is 31.5 Å². The fraction of sp³-hybridized carbons (Fsp3) is 0.500. The highest BCUT2D eigenvalue weighted by atomic mass is 16.3. The van der Waals surface area contributed by atoms with Crippen LogP contribution in [0.1, 0.15) is 37.0 Å². The lowest BCUT2D eigenvalue weighted by Gasteiger charge is -2.14. The second-order valence-electron chi connectivity index (χ2n) is 4.48. The average Bonchev–Trinajstić information content (AvgIpc) is 2.38. The molecule has 0 saturated heterocycles. The van der Waals surface area contributed by atoms with E-state index in [2.05, 4.69) is 10.6 Å². The van der Waals surface area contributed by atoms with Crippen molar-refractivity contribution in [3.8, 4) is 0 Å². The fourth-order valence-electron chi connectivity index (χ4n) is 1.79. The first kappa shape index (κ1) is 15.3. The molecule has 1 amide bonds. The van der Waals surface area contributed by atoms with Crippen LogP contribution in [0.5, 0.6) is 0 Å². The van der Waals surface area contributed by atoms with Gasteiger partial charge in [0.15, 0.2) is 0 Å². The van der Waals surface area contributed by atoms with Crippen LogP contribution >= 0.6 is 0 Å². The van der Waals surface area contributed by atoms with E-state index in [9.17, 15) is 9.90 Å². The number of nitrogens with one attached hydrogen (secondary N) is 2. The standard InChI is InChI=1S/C14H23N3O2/c1-3-5-11(18)9-17-13-7-6-10(8-12(13)15)14(19)16-4-2/h6-8,11,17-18H,3-5,9,15H2,1-2H3,(H,16,19). The maximum atomic E-state index is 11.6. The summed E-state index contributed by atoms with van der Waals surface area (Å²) < 4.78 is 0. The monoisotopic (exact) mass is 265 g/mol. The van der Waals surface area contributed by atoms with Crippen molar-refractivity contribution in [2.45, 2.75) is 32.8 Å². The summed E-state index contributed by atoms with van der Waals surface area (Å²) in [5.41, 5.74) is 7.68. The molecule has 5 nitrogen and oxygen atoms in total. The minimum absolute atomic E-state index is 0.133. The first-order valence-corrected chi connectivity index (χ1v) is 6.68. The SMILES string of the molecule is CCCC(O)CNc1ccc(C(=O)NCC)cc1N. The molecule has 0 aliphatic heterocycles. The second-order valence-corrected chi connectivity index (χ2v) is 4.48. The van der Waals surface area contributed by atoms with Crippen molar-refractivity contribution in [2.75, 3.05) is 24.1 Å². The van der Waals surface area contributed by atoms with Crippen LogP contribution in [0.2, 0.25) is 0 Å². The smallest absolute Gasteiger partial charge is 0.251 e. The quantitative estimate of drug-likeness (QED) is 0.564. The van der Waals surface area contributed by atoms with Crippen LogP contribution in [-0.4, -0.2) is 30.2 Å². The summed E-state index contributed by atoms with van der Waals surface area (Å²) in [5.74, 6) is -0.133. The predicted molar refractivity (Wildman–Crippen MR) is 78.3 cm³/mol. The minimum atomic E-state index is -0.382. The van der Waals surface area contributed by atoms with E-state index in [0.29, 0.717) is 24.3 Å². The van der Waals surface area contributed by atoms with E-state index < -0.39 is 0 Å². The third-order valence-electron chi connectivity index (χ3n) is 2.80. The Bertz CT molecular complexity index is 421. The molecule has 0 aliphatic carbocycles. The molecule has 5 heteroatoms. The van der Waals surface area contributed by atoms with E-state index in [0.717, 1.165) is 18.5 Å². The van der Waals surface area contributed by atoms with E-state index in [1.165, 1.54) is 0 Å². The summed E-state index contributed by atoms with van der Waals surface area (Å²) in [4.78, 5) is 11.6. The maximum Gasteiger partial charge on any atom is 0.251 e. The highest BCUT2D eigenvalue weighted by Crippen LogP contribution is 2.20. The number of carbonyl (C=O) groups is 1. The van der Waals surface area contributed by atoms with Gasteiger partial charge in [0, 0.05) is 18.7 Å². The van der Waals surface area contributed by atoms with E-state index in [1.807, 2.05) is 13.8 Å². The number of benzene rings is 1. The third-order valence-corrected chi connectivity index (χ3v) is 2.80. The zero-order chi connectivity index (χ0) is 14.3. The molecular formula is C14H23N3O2. The Hall–Kier alpha value is -1.75. The van der Waals surface area contributed by atoms with Crippen molar-refractivity contribution in [1.29, 1.82) is 0 Å². The second kappa shape index (κ2) is 7.63. The third kappa shape index (κ3) is 4.79. The molecule has 1 rings (SSSR count). The van der Waals surface area contributed by atoms with E-state index in [-0.39, 0.29) is 12.0 Å². The minimum Gasteiger partial charge on any atom is -0.397 e. The first-order valence-electron chi connectivity index (χ1n) is 6.68. The Morgan fingerprint density at radius 2 is 2.16 bits per heavy atom. The van der Waals surface area contributed by atoms with E-state index >= 15 is 0 Å². The lowest BCUT2D eigenvalue weighted by molar-refractivity contribution is 0.0956. The molecule has 1 atom stereocenters. The lowest BCUT2D eigenvalue weighted by Crippen LogP contribution is -2.23. The van der Waals surface area contributed by atoms with Gasteiger partial charge in [-0.2, -0.15) is 0 Å². The summed E-state index contributed by atoms with van der Waals surface area (Å²) >= 11 is 0. The Labute approximate surface area is 114 Å².